The molecule has 0 aromatic heterocycles. The van der Waals surface area contributed by atoms with Gasteiger partial charge >= 0.3 is 17.9 Å². The van der Waals surface area contributed by atoms with Gasteiger partial charge in [-0.3, -0.25) is 9.59 Å². The molecule has 0 amide bonds. The fourth-order valence-electron chi connectivity index (χ4n) is 1.06. The molecule has 104 valence electrons. The Balaban J connectivity index is 3.90. The Morgan fingerprint density at radius 2 is 1.83 bits per heavy atom. The third-order valence-electron chi connectivity index (χ3n) is 1.82. The van der Waals surface area contributed by atoms with Gasteiger partial charge in [-0.25, -0.2) is 4.79 Å². The average molecular weight is 262 g/mol. The van der Waals surface area contributed by atoms with Crippen LogP contribution in [0.4, 0.5) is 0 Å². The third kappa shape index (κ3) is 7.61. The maximum absolute atomic E-state index is 11.3. The third-order valence-corrected chi connectivity index (χ3v) is 1.82. The van der Waals surface area contributed by atoms with Crippen LogP contribution in [0.5, 0.6) is 0 Å². The van der Waals surface area contributed by atoms with Crippen LogP contribution in [-0.2, 0) is 28.6 Å². The summed E-state index contributed by atoms with van der Waals surface area (Å²) in [6, 6.07) is 0. The fourth-order valence-corrected chi connectivity index (χ4v) is 1.06. The van der Waals surface area contributed by atoms with E-state index >= 15 is 0 Å². The monoisotopic (exact) mass is 262 g/mol. The van der Waals surface area contributed by atoms with Crippen molar-refractivity contribution in [3.8, 4) is 0 Å². The maximum atomic E-state index is 11.3. The van der Waals surface area contributed by atoms with Gasteiger partial charge in [-0.2, -0.15) is 0 Å². The van der Waals surface area contributed by atoms with Gasteiger partial charge < -0.3 is 19.3 Å². The highest BCUT2D eigenvalue weighted by molar-refractivity contribution is 5.79. The first-order valence-electron chi connectivity index (χ1n) is 5.58. The zero-order valence-electron chi connectivity index (χ0n) is 10.7. The summed E-state index contributed by atoms with van der Waals surface area (Å²) in [5, 5.41) is 9.15. The Bertz CT molecular complexity index is 300. The summed E-state index contributed by atoms with van der Waals surface area (Å²) in [6.45, 7) is 4.37. The average Bonchev–Trinajstić information content (AvgIpc) is 2.25. The second-order valence-electron chi connectivity index (χ2n) is 3.49. The lowest BCUT2D eigenvalue weighted by Gasteiger charge is -2.13. The van der Waals surface area contributed by atoms with E-state index in [9.17, 15) is 14.4 Å². The van der Waals surface area contributed by atoms with Gasteiger partial charge in [0.05, 0.1) is 13.0 Å². The minimum atomic E-state index is -1.35. The van der Waals surface area contributed by atoms with Crippen LogP contribution in [-0.4, -0.2) is 42.0 Å². The molecule has 0 rings (SSSR count). The summed E-state index contributed by atoms with van der Waals surface area (Å²) in [4.78, 5) is 32.9. The molecule has 0 saturated carbocycles. The van der Waals surface area contributed by atoms with Crippen molar-refractivity contribution < 1.29 is 33.7 Å². The molecule has 2 unspecified atom stereocenters. The number of ether oxygens (including phenoxy) is 3. The predicted molar refractivity (Wildman–Crippen MR) is 59.2 cm³/mol. The predicted octanol–water partition coefficient (Wildman–Crippen LogP) is 0.143. The number of carbonyl (C=O) groups is 3. The maximum Gasteiger partial charge on any atom is 0.347 e. The molecule has 7 nitrogen and oxygen atoms in total. The Labute approximate surface area is 105 Å². The molecule has 0 aliphatic carbocycles. The molecule has 7 heteroatoms. The molecule has 0 aliphatic rings. The SMILES string of the molecule is CCOC(=O)C(C)OC(=O)CCC(O)OC(C)=O. The fraction of sp³-hybridized carbons (Fsp3) is 0.727. The van der Waals surface area contributed by atoms with Crippen molar-refractivity contribution in [1.82, 2.24) is 0 Å². The molecular weight excluding hydrogens is 244 g/mol. The Kier molecular flexibility index (Phi) is 7.69. The quantitative estimate of drug-likeness (QED) is 0.396. The van der Waals surface area contributed by atoms with E-state index in [-0.39, 0.29) is 19.4 Å². The lowest BCUT2D eigenvalue weighted by molar-refractivity contribution is -0.172. The molecule has 0 bridgehead atoms. The number of esters is 3. The zero-order valence-corrected chi connectivity index (χ0v) is 10.7. The van der Waals surface area contributed by atoms with E-state index in [0.29, 0.717) is 0 Å². The standard InChI is InChI=1S/C11H18O7/c1-4-16-11(15)7(2)17-9(13)5-6-10(14)18-8(3)12/h7,10,14H,4-6H2,1-3H3. The highest BCUT2D eigenvalue weighted by atomic mass is 16.6. The van der Waals surface area contributed by atoms with E-state index < -0.39 is 30.3 Å². The smallest absolute Gasteiger partial charge is 0.347 e. The van der Waals surface area contributed by atoms with Gasteiger partial charge in [0.25, 0.3) is 0 Å². The van der Waals surface area contributed by atoms with E-state index in [1.165, 1.54) is 6.92 Å². The first-order chi connectivity index (χ1) is 8.36. The van der Waals surface area contributed by atoms with Crippen LogP contribution in [0.25, 0.3) is 0 Å². The number of rotatable bonds is 7. The summed E-state index contributed by atoms with van der Waals surface area (Å²) < 4.78 is 13.8. The number of carbonyl (C=O) groups excluding carboxylic acids is 3. The molecular formula is C11H18O7. The first kappa shape index (κ1) is 16.4. The van der Waals surface area contributed by atoms with Crippen LogP contribution in [0.3, 0.4) is 0 Å². The van der Waals surface area contributed by atoms with Crippen molar-refractivity contribution in [3.63, 3.8) is 0 Å². The van der Waals surface area contributed by atoms with Crippen molar-refractivity contribution in [2.24, 2.45) is 0 Å². The topological polar surface area (TPSA) is 99.1 Å². The first-order valence-corrected chi connectivity index (χ1v) is 5.58. The van der Waals surface area contributed by atoms with Crippen LogP contribution in [0.2, 0.25) is 0 Å². The van der Waals surface area contributed by atoms with Gasteiger partial charge in [0.2, 0.25) is 6.29 Å². The van der Waals surface area contributed by atoms with E-state index in [4.69, 9.17) is 9.84 Å². The molecule has 2 atom stereocenters. The van der Waals surface area contributed by atoms with Crippen molar-refractivity contribution in [2.75, 3.05) is 6.61 Å². The highest BCUT2D eigenvalue weighted by Crippen LogP contribution is 2.04. The Morgan fingerprint density at radius 1 is 1.22 bits per heavy atom. The van der Waals surface area contributed by atoms with Crippen molar-refractivity contribution in [2.45, 2.75) is 46.0 Å². The number of aliphatic hydroxyl groups is 1. The van der Waals surface area contributed by atoms with Crippen LogP contribution < -0.4 is 0 Å². The number of aliphatic hydroxyl groups excluding tert-OH is 1. The molecule has 0 spiro atoms. The van der Waals surface area contributed by atoms with E-state index in [2.05, 4.69) is 9.47 Å². The highest BCUT2D eigenvalue weighted by Gasteiger charge is 2.19. The van der Waals surface area contributed by atoms with Crippen molar-refractivity contribution >= 4 is 17.9 Å². The minimum Gasteiger partial charge on any atom is -0.463 e. The Morgan fingerprint density at radius 3 is 2.33 bits per heavy atom. The van der Waals surface area contributed by atoms with Gasteiger partial charge in [-0.15, -0.1) is 0 Å². The molecule has 0 aromatic carbocycles. The molecule has 0 aromatic rings. The molecule has 0 heterocycles. The lowest BCUT2D eigenvalue weighted by atomic mass is 10.3. The second-order valence-corrected chi connectivity index (χ2v) is 3.49. The van der Waals surface area contributed by atoms with E-state index in [1.54, 1.807) is 6.92 Å². The van der Waals surface area contributed by atoms with Crippen LogP contribution in [0, 0.1) is 0 Å². The lowest BCUT2D eigenvalue weighted by Crippen LogP contribution is -2.27. The number of hydrogen-bond donors (Lipinski definition) is 1. The van der Waals surface area contributed by atoms with Gasteiger partial charge in [0.1, 0.15) is 0 Å². The second kappa shape index (κ2) is 8.46. The molecule has 0 fully saturated rings. The summed E-state index contributed by atoms with van der Waals surface area (Å²) in [6.07, 6.45) is -2.61. The van der Waals surface area contributed by atoms with Gasteiger partial charge in [-0.05, 0) is 13.8 Å². The normalized spacial score (nSPS) is 13.3. The largest absolute Gasteiger partial charge is 0.463 e. The summed E-state index contributed by atoms with van der Waals surface area (Å²) in [5.74, 6) is -1.95. The van der Waals surface area contributed by atoms with Crippen LogP contribution >= 0.6 is 0 Å². The zero-order chi connectivity index (χ0) is 14.1. The Hall–Kier alpha value is -1.63. The molecule has 18 heavy (non-hydrogen) atoms. The molecule has 1 N–H and O–H groups in total. The molecule has 0 saturated heterocycles. The summed E-state index contributed by atoms with van der Waals surface area (Å²) in [5.41, 5.74) is 0. The van der Waals surface area contributed by atoms with Gasteiger partial charge in [0.15, 0.2) is 6.10 Å². The van der Waals surface area contributed by atoms with Gasteiger partial charge in [0, 0.05) is 13.3 Å². The molecule has 0 radical (unpaired) electrons. The van der Waals surface area contributed by atoms with E-state index in [0.717, 1.165) is 6.92 Å². The minimum absolute atomic E-state index is 0.0893. The van der Waals surface area contributed by atoms with Crippen LogP contribution in [0.1, 0.15) is 33.6 Å². The number of hydrogen-bond acceptors (Lipinski definition) is 7. The summed E-state index contributed by atoms with van der Waals surface area (Å²) in [7, 11) is 0. The van der Waals surface area contributed by atoms with E-state index in [1.807, 2.05) is 0 Å². The van der Waals surface area contributed by atoms with Gasteiger partial charge in [-0.1, -0.05) is 0 Å². The van der Waals surface area contributed by atoms with Crippen molar-refractivity contribution in [3.05, 3.63) is 0 Å². The van der Waals surface area contributed by atoms with Crippen molar-refractivity contribution in [1.29, 1.82) is 0 Å². The van der Waals surface area contributed by atoms with Crippen LogP contribution in [0.15, 0.2) is 0 Å². The molecule has 0 aliphatic heterocycles. The summed E-state index contributed by atoms with van der Waals surface area (Å²) >= 11 is 0.